The van der Waals surface area contributed by atoms with E-state index < -0.39 is 5.60 Å². The third-order valence-corrected chi connectivity index (χ3v) is 3.00. The fourth-order valence-electron chi connectivity index (χ4n) is 1.38. The number of rotatable bonds is 3. The Hall–Kier alpha value is -1.34. The number of ether oxygens (including phenoxy) is 1. The molecule has 0 spiro atoms. The van der Waals surface area contributed by atoms with Crippen LogP contribution in [0.15, 0.2) is 11.4 Å². The van der Waals surface area contributed by atoms with Gasteiger partial charge in [0, 0.05) is 0 Å². The van der Waals surface area contributed by atoms with Crippen molar-refractivity contribution in [3.63, 3.8) is 0 Å². The molecule has 1 atom stereocenters. The van der Waals surface area contributed by atoms with Crippen LogP contribution in [0, 0.1) is 17.2 Å². The maximum Gasteiger partial charge on any atom is 0.309 e. The van der Waals surface area contributed by atoms with E-state index in [2.05, 4.69) is 6.07 Å². The molecule has 92 valence electrons. The fraction of sp³-hybridized carbons (Fsp3) is 0.538. The summed E-state index contributed by atoms with van der Waals surface area (Å²) >= 11 is 1.40. The lowest BCUT2D eigenvalue weighted by Crippen LogP contribution is -2.28. The quantitative estimate of drug-likeness (QED) is 0.775. The Morgan fingerprint density at radius 2 is 2.24 bits per heavy atom. The van der Waals surface area contributed by atoms with Crippen molar-refractivity contribution in [2.24, 2.45) is 5.92 Å². The van der Waals surface area contributed by atoms with Gasteiger partial charge in [-0.2, -0.15) is 5.26 Å². The first-order chi connectivity index (χ1) is 7.81. The molecule has 0 saturated carbocycles. The highest BCUT2D eigenvalue weighted by Gasteiger charge is 2.22. The third-order valence-electron chi connectivity index (χ3n) is 2.11. The maximum absolute atomic E-state index is 11.8. The molecule has 0 radical (unpaired) electrons. The largest absolute Gasteiger partial charge is 0.460 e. The summed E-state index contributed by atoms with van der Waals surface area (Å²) in [5, 5.41) is 10.6. The predicted molar refractivity (Wildman–Crippen MR) is 67.7 cm³/mol. The number of nitriles is 1. The number of carbonyl (C=O) groups is 1. The van der Waals surface area contributed by atoms with Crippen LogP contribution in [0.25, 0.3) is 0 Å². The first-order valence-corrected chi connectivity index (χ1v) is 6.40. The van der Waals surface area contributed by atoms with Crippen LogP contribution in [0.2, 0.25) is 0 Å². The minimum atomic E-state index is -0.447. The summed E-state index contributed by atoms with van der Waals surface area (Å²) in [7, 11) is 0. The summed E-state index contributed by atoms with van der Waals surface area (Å²) in [6.07, 6.45) is 0.618. The van der Waals surface area contributed by atoms with E-state index in [9.17, 15) is 4.79 Å². The molecule has 0 saturated heterocycles. The van der Waals surface area contributed by atoms with Crippen LogP contribution in [0.3, 0.4) is 0 Å². The molecule has 3 nitrogen and oxygen atoms in total. The molecule has 0 aliphatic rings. The Balaban J connectivity index is 2.57. The van der Waals surface area contributed by atoms with E-state index in [0.29, 0.717) is 11.3 Å². The van der Waals surface area contributed by atoms with Crippen LogP contribution < -0.4 is 0 Å². The molecule has 0 aliphatic carbocycles. The van der Waals surface area contributed by atoms with Gasteiger partial charge < -0.3 is 4.74 Å². The van der Waals surface area contributed by atoms with Crippen molar-refractivity contribution in [2.75, 3.05) is 0 Å². The van der Waals surface area contributed by atoms with Gasteiger partial charge in [-0.05, 0) is 44.2 Å². The monoisotopic (exact) mass is 251 g/mol. The van der Waals surface area contributed by atoms with E-state index in [0.717, 1.165) is 5.56 Å². The van der Waals surface area contributed by atoms with E-state index in [4.69, 9.17) is 10.00 Å². The van der Waals surface area contributed by atoms with Crippen molar-refractivity contribution in [3.8, 4) is 6.07 Å². The summed E-state index contributed by atoms with van der Waals surface area (Å²) < 4.78 is 5.30. The summed E-state index contributed by atoms with van der Waals surface area (Å²) in [6.45, 7) is 7.42. The SMILES string of the molecule is C[C@@H](Cc1csc(C#N)c1)C(=O)OC(C)(C)C. The van der Waals surface area contributed by atoms with Crippen LogP contribution in [-0.4, -0.2) is 11.6 Å². The van der Waals surface area contributed by atoms with Crippen molar-refractivity contribution in [1.82, 2.24) is 0 Å². The minimum Gasteiger partial charge on any atom is -0.460 e. The lowest BCUT2D eigenvalue weighted by molar-refractivity contribution is -0.159. The second-order valence-electron chi connectivity index (χ2n) is 5.07. The van der Waals surface area contributed by atoms with Crippen LogP contribution in [0.4, 0.5) is 0 Å². The van der Waals surface area contributed by atoms with Crippen LogP contribution in [-0.2, 0) is 16.0 Å². The van der Waals surface area contributed by atoms with Gasteiger partial charge in [-0.15, -0.1) is 11.3 Å². The Labute approximate surface area is 106 Å². The smallest absolute Gasteiger partial charge is 0.309 e. The summed E-state index contributed by atoms with van der Waals surface area (Å²) in [6, 6.07) is 3.92. The molecule has 1 aromatic heterocycles. The van der Waals surface area contributed by atoms with E-state index in [1.165, 1.54) is 11.3 Å². The highest BCUT2D eigenvalue weighted by molar-refractivity contribution is 7.10. The predicted octanol–water partition coefficient (Wildman–Crippen LogP) is 3.14. The van der Waals surface area contributed by atoms with Crippen molar-refractivity contribution in [3.05, 3.63) is 21.9 Å². The number of hydrogen-bond acceptors (Lipinski definition) is 4. The van der Waals surface area contributed by atoms with E-state index in [1.807, 2.05) is 39.1 Å². The zero-order chi connectivity index (χ0) is 13.1. The lowest BCUT2D eigenvalue weighted by atomic mass is 10.0. The first kappa shape index (κ1) is 13.7. The van der Waals surface area contributed by atoms with E-state index >= 15 is 0 Å². The molecule has 0 unspecified atom stereocenters. The van der Waals surface area contributed by atoms with E-state index in [1.54, 1.807) is 0 Å². The summed E-state index contributed by atoms with van der Waals surface area (Å²) in [5.41, 5.74) is 0.572. The topological polar surface area (TPSA) is 50.1 Å². The number of nitrogens with zero attached hydrogens (tertiary/aromatic N) is 1. The lowest BCUT2D eigenvalue weighted by Gasteiger charge is -2.22. The second-order valence-corrected chi connectivity index (χ2v) is 5.98. The Morgan fingerprint density at radius 1 is 1.59 bits per heavy atom. The Bertz CT molecular complexity index is 437. The maximum atomic E-state index is 11.8. The molecule has 0 aliphatic heterocycles. The van der Waals surface area contributed by atoms with Crippen LogP contribution >= 0.6 is 11.3 Å². The number of hydrogen-bond donors (Lipinski definition) is 0. The van der Waals surface area contributed by atoms with Crippen LogP contribution in [0.1, 0.15) is 38.1 Å². The molecule has 17 heavy (non-hydrogen) atoms. The van der Waals surface area contributed by atoms with Crippen molar-refractivity contribution in [1.29, 1.82) is 5.26 Å². The normalized spacial score (nSPS) is 12.9. The van der Waals surface area contributed by atoms with Crippen molar-refractivity contribution in [2.45, 2.75) is 39.7 Å². The summed E-state index contributed by atoms with van der Waals surface area (Å²) in [4.78, 5) is 12.4. The third kappa shape index (κ3) is 4.58. The van der Waals surface area contributed by atoms with Gasteiger partial charge in [0.1, 0.15) is 16.5 Å². The Morgan fingerprint density at radius 3 is 2.71 bits per heavy atom. The standard InChI is InChI=1S/C13H17NO2S/c1-9(12(15)16-13(2,3)4)5-10-6-11(7-14)17-8-10/h6,8-9H,5H2,1-4H3/t9-/m0/s1. The molecular formula is C13H17NO2S. The molecule has 0 bridgehead atoms. The summed E-state index contributed by atoms with van der Waals surface area (Å²) in [5.74, 6) is -0.377. The zero-order valence-electron chi connectivity index (χ0n) is 10.6. The van der Waals surface area contributed by atoms with Gasteiger partial charge in [-0.25, -0.2) is 0 Å². The van der Waals surface area contributed by atoms with Gasteiger partial charge in [0.15, 0.2) is 0 Å². The number of esters is 1. The van der Waals surface area contributed by atoms with Crippen molar-refractivity contribution >= 4 is 17.3 Å². The van der Waals surface area contributed by atoms with Crippen molar-refractivity contribution < 1.29 is 9.53 Å². The second kappa shape index (κ2) is 5.33. The molecule has 0 amide bonds. The van der Waals surface area contributed by atoms with Gasteiger partial charge in [-0.3, -0.25) is 4.79 Å². The first-order valence-electron chi connectivity index (χ1n) is 5.52. The number of thiophene rings is 1. The molecular weight excluding hydrogens is 234 g/mol. The highest BCUT2D eigenvalue weighted by Crippen LogP contribution is 2.19. The van der Waals surface area contributed by atoms with Gasteiger partial charge in [0.2, 0.25) is 0 Å². The molecule has 1 rings (SSSR count). The molecule has 1 heterocycles. The molecule has 4 heteroatoms. The minimum absolute atomic E-state index is 0.185. The molecule has 0 fully saturated rings. The van der Waals surface area contributed by atoms with E-state index in [-0.39, 0.29) is 11.9 Å². The fourth-order valence-corrected chi connectivity index (χ4v) is 2.10. The van der Waals surface area contributed by atoms with Crippen LogP contribution in [0.5, 0.6) is 0 Å². The molecule has 0 aromatic carbocycles. The van der Waals surface area contributed by atoms with Gasteiger partial charge in [-0.1, -0.05) is 6.92 Å². The van der Waals surface area contributed by atoms with Gasteiger partial charge >= 0.3 is 5.97 Å². The van der Waals surface area contributed by atoms with Gasteiger partial charge in [0.05, 0.1) is 5.92 Å². The molecule has 1 aromatic rings. The average Bonchev–Trinajstić information content (AvgIpc) is 2.62. The average molecular weight is 251 g/mol. The number of carbonyl (C=O) groups excluding carboxylic acids is 1. The zero-order valence-corrected chi connectivity index (χ0v) is 11.4. The highest BCUT2D eigenvalue weighted by atomic mass is 32.1. The van der Waals surface area contributed by atoms with Gasteiger partial charge in [0.25, 0.3) is 0 Å². The molecule has 0 N–H and O–H groups in total. The Kier molecular flexibility index (Phi) is 4.30.